The highest BCUT2D eigenvalue weighted by Gasteiger charge is 2.29. The summed E-state index contributed by atoms with van der Waals surface area (Å²) in [6, 6.07) is 13.6. The molecule has 1 aromatic carbocycles. The molecule has 0 saturated heterocycles. The van der Waals surface area contributed by atoms with Gasteiger partial charge in [-0.1, -0.05) is 30.3 Å². The van der Waals surface area contributed by atoms with Gasteiger partial charge < -0.3 is 10.2 Å². The van der Waals surface area contributed by atoms with Gasteiger partial charge in [-0.15, -0.1) is 0 Å². The van der Waals surface area contributed by atoms with E-state index in [1.54, 1.807) is 0 Å². The molecule has 19 heavy (non-hydrogen) atoms. The zero-order valence-electron chi connectivity index (χ0n) is 10.9. The first-order valence-corrected chi connectivity index (χ1v) is 6.16. The molecule has 4 heteroatoms. The van der Waals surface area contributed by atoms with E-state index in [0.29, 0.717) is 17.1 Å². The quantitative estimate of drug-likeness (QED) is 0.762. The molecular weight excluding hydrogens is 238 g/mol. The van der Waals surface area contributed by atoms with Gasteiger partial charge >= 0.3 is 0 Å². The maximum atomic E-state index is 6.38. The molecule has 1 unspecified atom stereocenters. The predicted molar refractivity (Wildman–Crippen MR) is 73.6 cm³/mol. The second-order valence-corrected chi connectivity index (χ2v) is 4.86. The highest BCUT2D eigenvalue weighted by molar-refractivity contribution is 5.68. The largest absolute Gasteiger partial charge is 0.437 e. The average Bonchev–Trinajstić information content (AvgIpc) is 2.83. The molecule has 0 saturated carbocycles. The third kappa shape index (κ3) is 2.00. The number of fused-ring (bicyclic) bond motifs is 1. The molecule has 3 aromatic rings. The number of nitrogens with zero attached hydrogens (tertiary/aromatic N) is 2. The monoisotopic (exact) mass is 253 g/mol. The first-order chi connectivity index (χ1) is 9.07. The van der Waals surface area contributed by atoms with Crippen LogP contribution in [0.5, 0.6) is 0 Å². The van der Waals surface area contributed by atoms with Crippen molar-refractivity contribution in [3.05, 3.63) is 59.6 Å². The van der Waals surface area contributed by atoms with Gasteiger partial charge in [0.05, 0.1) is 0 Å². The van der Waals surface area contributed by atoms with E-state index in [9.17, 15) is 0 Å². The molecule has 4 nitrogen and oxygen atoms in total. The second-order valence-electron chi connectivity index (χ2n) is 4.86. The number of pyridine rings is 1. The number of benzene rings is 1. The van der Waals surface area contributed by atoms with E-state index in [0.717, 1.165) is 11.3 Å². The lowest BCUT2D eigenvalue weighted by Crippen LogP contribution is -2.34. The maximum absolute atomic E-state index is 6.38. The highest BCUT2D eigenvalue weighted by Crippen LogP contribution is 2.28. The van der Waals surface area contributed by atoms with Crippen molar-refractivity contribution in [3.8, 4) is 0 Å². The molecule has 2 heterocycles. The topological polar surface area (TPSA) is 64.9 Å². The Labute approximate surface area is 111 Å². The summed E-state index contributed by atoms with van der Waals surface area (Å²) in [5.74, 6) is 0.479. The number of oxazole rings is 1. The molecule has 0 aliphatic heterocycles. The Hall–Kier alpha value is -2.20. The van der Waals surface area contributed by atoms with E-state index in [1.165, 1.54) is 0 Å². The van der Waals surface area contributed by atoms with Crippen LogP contribution in [0.2, 0.25) is 0 Å². The van der Waals surface area contributed by atoms with E-state index < -0.39 is 5.54 Å². The molecular formula is C15H15N3O. The van der Waals surface area contributed by atoms with Crippen molar-refractivity contribution >= 4 is 11.2 Å². The molecule has 96 valence electrons. The molecule has 0 fully saturated rings. The van der Waals surface area contributed by atoms with E-state index in [1.807, 2.05) is 56.3 Å². The van der Waals surface area contributed by atoms with Gasteiger partial charge in [-0.3, -0.25) is 0 Å². The third-order valence-corrected chi connectivity index (χ3v) is 3.21. The zero-order chi connectivity index (χ0) is 13.5. The molecule has 0 bridgehead atoms. The summed E-state index contributed by atoms with van der Waals surface area (Å²) in [4.78, 5) is 8.76. The fourth-order valence-electron chi connectivity index (χ4n) is 2.04. The minimum absolute atomic E-state index is 0.479. The standard InChI is InChI=1S/C15H15N3O/c1-10-8-9-12-13(17-10)18-14(19-12)15(2,16)11-6-4-3-5-7-11/h3-9H,16H2,1-2H3. The van der Waals surface area contributed by atoms with Gasteiger partial charge in [0.15, 0.2) is 11.2 Å². The molecule has 2 aromatic heterocycles. The third-order valence-electron chi connectivity index (χ3n) is 3.21. The minimum Gasteiger partial charge on any atom is -0.437 e. The lowest BCUT2D eigenvalue weighted by Gasteiger charge is -2.20. The van der Waals surface area contributed by atoms with Crippen molar-refractivity contribution in [1.29, 1.82) is 0 Å². The smallest absolute Gasteiger partial charge is 0.221 e. The molecule has 0 aliphatic rings. The number of nitrogens with two attached hydrogens (primary N) is 1. The summed E-state index contributed by atoms with van der Waals surface area (Å²) in [6.07, 6.45) is 0. The Kier molecular flexibility index (Phi) is 2.61. The van der Waals surface area contributed by atoms with Gasteiger partial charge in [-0.2, -0.15) is 4.98 Å². The summed E-state index contributed by atoms with van der Waals surface area (Å²) in [7, 11) is 0. The van der Waals surface area contributed by atoms with Crippen molar-refractivity contribution in [2.24, 2.45) is 5.73 Å². The molecule has 0 aliphatic carbocycles. The molecule has 1 atom stereocenters. The van der Waals surface area contributed by atoms with Crippen molar-refractivity contribution in [2.45, 2.75) is 19.4 Å². The van der Waals surface area contributed by atoms with Crippen LogP contribution in [0.1, 0.15) is 24.1 Å². The Balaban J connectivity index is 2.13. The van der Waals surface area contributed by atoms with Gasteiger partial charge in [0, 0.05) is 5.69 Å². The van der Waals surface area contributed by atoms with Crippen LogP contribution >= 0.6 is 0 Å². The maximum Gasteiger partial charge on any atom is 0.221 e. The number of aryl methyl sites for hydroxylation is 1. The summed E-state index contributed by atoms with van der Waals surface area (Å²) in [6.45, 7) is 3.81. The van der Waals surface area contributed by atoms with Crippen LogP contribution in [0, 0.1) is 6.92 Å². The number of hydrogen-bond donors (Lipinski definition) is 1. The van der Waals surface area contributed by atoms with Crippen LogP contribution in [0.25, 0.3) is 11.2 Å². The van der Waals surface area contributed by atoms with E-state index in [-0.39, 0.29) is 0 Å². The van der Waals surface area contributed by atoms with E-state index >= 15 is 0 Å². The number of hydrogen-bond acceptors (Lipinski definition) is 4. The van der Waals surface area contributed by atoms with Crippen LogP contribution < -0.4 is 5.73 Å². The van der Waals surface area contributed by atoms with Crippen molar-refractivity contribution < 1.29 is 4.42 Å². The Bertz CT molecular complexity index is 717. The van der Waals surface area contributed by atoms with Crippen LogP contribution in [0.15, 0.2) is 46.9 Å². The first-order valence-electron chi connectivity index (χ1n) is 6.16. The van der Waals surface area contributed by atoms with Crippen molar-refractivity contribution in [2.75, 3.05) is 0 Å². The minimum atomic E-state index is -0.768. The zero-order valence-corrected chi connectivity index (χ0v) is 10.9. The Morgan fingerprint density at radius 2 is 1.79 bits per heavy atom. The highest BCUT2D eigenvalue weighted by atomic mass is 16.4. The predicted octanol–water partition coefficient (Wildman–Crippen LogP) is 2.75. The van der Waals surface area contributed by atoms with E-state index in [4.69, 9.17) is 10.2 Å². The normalized spacial score (nSPS) is 14.5. The fraction of sp³-hybridized carbons (Fsp3) is 0.200. The first kappa shape index (κ1) is 11.9. The summed E-state index contributed by atoms with van der Waals surface area (Å²) < 4.78 is 5.74. The number of aromatic nitrogens is 2. The van der Waals surface area contributed by atoms with Gasteiger partial charge in [0.25, 0.3) is 0 Å². The average molecular weight is 253 g/mol. The molecule has 0 radical (unpaired) electrons. The summed E-state index contributed by atoms with van der Waals surface area (Å²) in [5, 5.41) is 0. The molecule has 3 rings (SSSR count). The van der Waals surface area contributed by atoms with Gasteiger partial charge in [0.1, 0.15) is 5.54 Å². The van der Waals surface area contributed by atoms with Crippen LogP contribution in [0.4, 0.5) is 0 Å². The molecule has 0 amide bonds. The van der Waals surface area contributed by atoms with Crippen LogP contribution in [0.3, 0.4) is 0 Å². The second kappa shape index (κ2) is 4.17. The Morgan fingerprint density at radius 3 is 2.53 bits per heavy atom. The fourth-order valence-corrected chi connectivity index (χ4v) is 2.04. The van der Waals surface area contributed by atoms with Gasteiger partial charge in [-0.25, -0.2) is 4.98 Å². The van der Waals surface area contributed by atoms with Gasteiger partial charge in [0.2, 0.25) is 5.89 Å². The van der Waals surface area contributed by atoms with E-state index in [2.05, 4.69) is 9.97 Å². The summed E-state index contributed by atoms with van der Waals surface area (Å²) in [5.41, 5.74) is 8.73. The van der Waals surface area contributed by atoms with Crippen molar-refractivity contribution in [1.82, 2.24) is 9.97 Å². The SMILES string of the molecule is Cc1ccc2oc(C(C)(N)c3ccccc3)nc2n1. The number of rotatable bonds is 2. The lowest BCUT2D eigenvalue weighted by atomic mass is 9.93. The molecule has 2 N–H and O–H groups in total. The van der Waals surface area contributed by atoms with Crippen molar-refractivity contribution in [3.63, 3.8) is 0 Å². The van der Waals surface area contributed by atoms with Gasteiger partial charge in [-0.05, 0) is 31.5 Å². The lowest BCUT2D eigenvalue weighted by molar-refractivity contribution is 0.418. The summed E-state index contributed by atoms with van der Waals surface area (Å²) >= 11 is 0. The Morgan fingerprint density at radius 1 is 1.05 bits per heavy atom. The van der Waals surface area contributed by atoms with Crippen LogP contribution in [-0.2, 0) is 5.54 Å². The van der Waals surface area contributed by atoms with Crippen LogP contribution in [-0.4, -0.2) is 9.97 Å². The molecule has 0 spiro atoms.